The van der Waals surface area contributed by atoms with E-state index in [4.69, 9.17) is 5.11 Å². The van der Waals surface area contributed by atoms with Gasteiger partial charge in [-0.25, -0.2) is 4.79 Å². The third-order valence-corrected chi connectivity index (χ3v) is 5.53. The molecule has 2 fully saturated rings. The van der Waals surface area contributed by atoms with E-state index in [1.165, 1.54) is 25.0 Å². The van der Waals surface area contributed by atoms with Crippen molar-refractivity contribution in [3.8, 4) is 0 Å². The Kier molecular flexibility index (Phi) is 5.20. The summed E-state index contributed by atoms with van der Waals surface area (Å²) in [6.07, 6.45) is 2.58. The van der Waals surface area contributed by atoms with Crippen LogP contribution in [0.1, 0.15) is 29.6 Å². The third-order valence-electron chi connectivity index (χ3n) is 5.53. The number of nitrogens with zero attached hydrogens (tertiary/aromatic N) is 2. The lowest BCUT2D eigenvalue weighted by Crippen LogP contribution is -2.28. The summed E-state index contributed by atoms with van der Waals surface area (Å²) in [5, 5.41) is 11.7. The molecule has 2 aliphatic heterocycles. The quantitative estimate of drug-likeness (QED) is 0.815. The maximum absolute atomic E-state index is 12.6. The number of hydrogen-bond acceptors (Lipinski definition) is 4. The number of carboxylic acids is 1. The molecule has 1 atom stereocenters. The highest BCUT2D eigenvalue weighted by Gasteiger charge is 2.35. The highest BCUT2D eigenvalue weighted by atomic mass is 16.4. The van der Waals surface area contributed by atoms with Gasteiger partial charge in [0.2, 0.25) is 11.8 Å². The van der Waals surface area contributed by atoms with Crippen molar-refractivity contribution < 1.29 is 19.5 Å². The topological polar surface area (TPSA) is 89.9 Å². The van der Waals surface area contributed by atoms with Crippen molar-refractivity contribution >= 4 is 34.8 Å². The molecule has 0 aromatic heterocycles. The number of benzene rings is 2. The molecule has 0 bridgehead atoms. The smallest absolute Gasteiger partial charge is 0.335 e. The molecule has 2 amide bonds. The fraction of sp³-hybridized carbons (Fsp3) is 0.318. The number of aromatic carboxylic acids is 1. The van der Waals surface area contributed by atoms with Crippen LogP contribution in [0.3, 0.4) is 0 Å². The van der Waals surface area contributed by atoms with Crippen LogP contribution in [0.25, 0.3) is 0 Å². The van der Waals surface area contributed by atoms with E-state index < -0.39 is 11.9 Å². The largest absolute Gasteiger partial charge is 0.478 e. The van der Waals surface area contributed by atoms with Crippen molar-refractivity contribution in [2.45, 2.75) is 19.3 Å². The van der Waals surface area contributed by atoms with Gasteiger partial charge >= 0.3 is 5.97 Å². The van der Waals surface area contributed by atoms with E-state index in [1.807, 2.05) is 24.3 Å². The summed E-state index contributed by atoms with van der Waals surface area (Å²) >= 11 is 0. The number of rotatable bonds is 5. The molecular formula is C22H23N3O4. The molecule has 7 nitrogen and oxygen atoms in total. The lowest BCUT2D eigenvalue weighted by atomic mass is 10.1. The first-order valence-electron chi connectivity index (χ1n) is 9.81. The fourth-order valence-corrected chi connectivity index (χ4v) is 3.89. The predicted molar refractivity (Wildman–Crippen MR) is 110 cm³/mol. The van der Waals surface area contributed by atoms with Crippen LogP contribution in [0.15, 0.2) is 48.5 Å². The number of nitrogens with one attached hydrogen (secondary N) is 1. The van der Waals surface area contributed by atoms with E-state index in [2.05, 4.69) is 10.2 Å². The Morgan fingerprint density at radius 2 is 1.55 bits per heavy atom. The van der Waals surface area contributed by atoms with Gasteiger partial charge in [0.05, 0.1) is 11.5 Å². The molecule has 0 saturated carbocycles. The molecule has 29 heavy (non-hydrogen) atoms. The number of hydrogen-bond donors (Lipinski definition) is 2. The molecule has 2 saturated heterocycles. The summed E-state index contributed by atoms with van der Waals surface area (Å²) in [6, 6.07) is 13.9. The van der Waals surface area contributed by atoms with Crippen LogP contribution in [0.5, 0.6) is 0 Å². The van der Waals surface area contributed by atoms with Crippen molar-refractivity contribution in [3.63, 3.8) is 0 Å². The lowest BCUT2D eigenvalue weighted by Gasteiger charge is -2.20. The van der Waals surface area contributed by atoms with Crippen LogP contribution in [-0.2, 0) is 9.59 Å². The Balaban J connectivity index is 1.39. The van der Waals surface area contributed by atoms with Gasteiger partial charge in [0.25, 0.3) is 0 Å². The van der Waals surface area contributed by atoms with E-state index >= 15 is 0 Å². The summed E-state index contributed by atoms with van der Waals surface area (Å²) in [7, 11) is 0. The maximum atomic E-state index is 12.6. The number of amides is 2. The van der Waals surface area contributed by atoms with E-state index in [0.717, 1.165) is 24.5 Å². The van der Waals surface area contributed by atoms with Gasteiger partial charge in [-0.1, -0.05) is 0 Å². The van der Waals surface area contributed by atoms with Gasteiger partial charge < -0.3 is 20.2 Å². The van der Waals surface area contributed by atoms with Crippen molar-refractivity contribution in [1.82, 2.24) is 0 Å². The molecule has 0 spiro atoms. The molecule has 2 aliphatic rings. The normalized spacial score (nSPS) is 18.9. The monoisotopic (exact) mass is 393 g/mol. The standard InChI is InChI=1S/C22H23N3O4/c26-20-13-16(21(27)23-17-5-3-15(4-6-17)22(28)29)14-25(20)19-9-7-18(8-10-19)24-11-1-2-12-24/h3-10,16H,1-2,11-14H2,(H,23,27)(H,28,29). The molecule has 4 rings (SSSR count). The van der Waals surface area contributed by atoms with E-state index in [9.17, 15) is 14.4 Å². The second-order valence-electron chi connectivity index (χ2n) is 7.49. The molecule has 0 radical (unpaired) electrons. The van der Waals surface area contributed by atoms with Gasteiger partial charge in [0, 0.05) is 43.1 Å². The number of carbonyl (C=O) groups excluding carboxylic acids is 2. The highest BCUT2D eigenvalue weighted by Crippen LogP contribution is 2.29. The Morgan fingerprint density at radius 3 is 2.17 bits per heavy atom. The van der Waals surface area contributed by atoms with Gasteiger partial charge in [-0.15, -0.1) is 0 Å². The average molecular weight is 393 g/mol. The van der Waals surface area contributed by atoms with Crippen LogP contribution in [-0.4, -0.2) is 42.5 Å². The minimum absolute atomic E-state index is 0.0692. The van der Waals surface area contributed by atoms with E-state index in [0.29, 0.717) is 12.2 Å². The number of carboxylic acid groups (broad SMARTS) is 1. The molecule has 7 heteroatoms. The molecular weight excluding hydrogens is 370 g/mol. The minimum Gasteiger partial charge on any atom is -0.478 e. The van der Waals surface area contributed by atoms with Crippen LogP contribution < -0.4 is 15.1 Å². The number of carbonyl (C=O) groups is 3. The van der Waals surface area contributed by atoms with E-state index in [-0.39, 0.29) is 23.8 Å². The van der Waals surface area contributed by atoms with E-state index in [1.54, 1.807) is 17.0 Å². The predicted octanol–water partition coefficient (Wildman–Crippen LogP) is 2.98. The number of anilines is 3. The SMILES string of the molecule is O=C(O)c1ccc(NC(=O)C2CC(=O)N(c3ccc(N4CCCC4)cc3)C2)cc1. The zero-order chi connectivity index (χ0) is 20.4. The minimum atomic E-state index is -1.02. The fourth-order valence-electron chi connectivity index (χ4n) is 3.89. The maximum Gasteiger partial charge on any atom is 0.335 e. The van der Waals surface area contributed by atoms with Crippen LogP contribution >= 0.6 is 0 Å². The van der Waals surface area contributed by atoms with Crippen LogP contribution in [0, 0.1) is 5.92 Å². The molecule has 0 aliphatic carbocycles. The van der Waals surface area contributed by atoms with Crippen LogP contribution in [0.4, 0.5) is 17.1 Å². The molecule has 150 valence electrons. The summed E-state index contributed by atoms with van der Waals surface area (Å²) < 4.78 is 0. The first kappa shape index (κ1) is 19.0. The van der Waals surface area contributed by atoms with Crippen molar-refractivity contribution in [1.29, 1.82) is 0 Å². The average Bonchev–Trinajstić information content (AvgIpc) is 3.38. The van der Waals surface area contributed by atoms with Crippen molar-refractivity contribution in [2.24, 2.45) is 5.92 Å². The first-order valence-corrected chi connectivity index (χ1v) is 9.81. The van der Waals surface area contributed by atoms with Crippen molar-refractivity contribution in [3.05, 3.63) is 54.1 Å². The third kappa shape index (κ3) is 4.08. The zero-order valence-corrected chi connectivity index (χ0v) is 16.0. The van der Waals surface area contributed by atoms with Gasteiger partial charge in [-0.05, 0) is 61.4 Å². The second kappa shape index (κ2) is 7.95. The lowest BCUT2D eigenvalue weighted by molar-refractivity contribution is -0.122. The first-order chi connectivity index (χ1) is 14.0. The highest BCUT2D eigenvalue weighted by molar-refractivity contribution is 6.03. The molecule has 2 heterocycles. The van der Waals surface area contributed by atoms with Gasteiger partial charge in [-0.3, -0.25) is 9.59 Å². The molecule has 2 N–H and O–H groups in total. The van der Waals surface area contributed by atoms with Crippen LogP contribution in [0.2, 0.25) is 0 Å². The summed E-state index contributed by atoms with van der Waals surface area (Å²) in [4.78, 5) is 40.0. The Hall–Kier alpha value is -3.35. The molecule has 2 aromatic rings. The Bertz CT molecular complexity index is 918. The van der Waals surface area contributed by atoms with Gasteiger partial charge in [0.15, 0.2) is 0 Å². The zero-order valence-electron chi connectivity index (χ0n) is 16.0. The summed E-state index contributed by atoms with van der Waals surface area (Å²) in [5.74, 6) is -1.77. The molecule has 2 aromatic carbocycles. The summed E-state index contributed by atoms with van der Waals surface area (Å²) in [5.41, 5.74) is 2.64. The van der Waals surface area contributed by atoms with Gasteiger partial charge in [0.1, 0.15) is 0 Å². The van der Waals surface area contributed by atoms with Crippen molar-refractivity contribution in [2.75, 3.05) is 34.8 Å². The Morgan fingerprint density at radius 1 is 0.931 bits per heavy atom. The summed E-state index contributed by atoms with van der Waals surface area (Å²) in [6.45, 7) is 2.47. The molecule has 1 unspecified atom stereocenters. The Labute approximate surface area is 168 Å². The van der Waals surface area contributed by atoms with Gasteiger partial charge in [-0.2, -0.15) is 0 Å². The second-order valence-corrected chi connectivity index (χ2v) is 7.49.